The molecule has 27 heavy (non-hydrogen) atoms. The molecule has 0 aromatic heterocycles. The van der Waals surface area contributed by atoms with E-state index in [0.717, 1.165) is 12.1 Å². The van der Waals surface area contributed by atoms with Crippen LogP contribution in [-0.2, 0) is 0 Å². The van der Waals surface area contributed by atoms with Crippen molar-refractivity contribution in [3.63, 3.8) is 0 Å². The summed E-state index contributed by atoms with van der Waals surface area (Å²) in [5.74, 6) is -1.14. The van der Waals surface area contributed by atoms with E-state index in [9.17, 15) is 22.4 Å². The third kappa shape index (κ3) is 5.40. The molecular formula is C17H15F4NO5. The van der Waals surface area contributed by atoms with Gasteiger partial charge in [-0.3, -0.25) is 4.79 Å². The lowest BCUT2D eigenvalue weighted by atomic mass is 10.1. The number of amides is 1. The largest absolute Gasteiger partial charge is 0.493 e. The van der Waals surface area contributed by atoms with Gasteiger partial charge in [0, 0.05) is 17.3 Å². The highest BCUT2D eigenvalue weighted by Gasteiger charge is 2.16. The van der Waals surface area contributed by atoms with E-state index < -0.39 is 19.1 Å². The van der Waals surface area contributed by atoms with Crippen LogP contribution in [-0.4, -0.2) is 33.3 Å². The number of rotatable bonds is 8. The SMILES string of the molecule is COc1cc(C(=O)Nc2ccc(OC)c(OC(F)F)c2)ccc1OC(F)F. The average Bonchev–Trinajstić information content (AvgIpc) is 2.61. The number of alkyl halides is 4. The quantitative estimate of drug-likeness (QED) is 0.687. The van der Waals surface area contributed by atoms with Gasteiger partial charge in [0.05, 0.1) is 14.2 Å². The molecule has 0 bridgehead atoms. The van der Waals surface area contributed by atoms with Gasteiger partial charge in [0.15, 0.2) is 23.0 Å². The van der Waals surface area contributed by atoms with Crippen molar-refractivity contribution in [3.8, 4) is 23.0 Å². The second kappa shape index (κ2) is 8.97. The summed E-state index contributed by atoms with van der Waals surface area (Å²) < 4.78 is 68.0. The van der Waals surface area contributed by atoms with Gasteiger partial charge in [-0.1, -0.05) is 0 Å². The Bertz CT molecular complexity index is 801. The minimum absolute atomic E-state index is 0.0588. The monoisotopic (exact) mass is 389 g/mol. The highest BCUT2D eigenvalue weighted by molar-refractivity contribution is 6.04. The van der Waals surface area contributed by atoms with Crippen LogP contribution in [0.15, 0.2) is 36.4 Å². The van der Waals surface area contributed by atoms with Crippen LogP contribution in [0, 0.1) is 0 Å². The molecule has 1 amide bonds. The Kier molecular flexibility index (Phi) is 6.69. The van der Waals surface area contributed by atoms with Gasteiger partial charge in [0.2, 0.25) is 0 Å². The van der Waals surface area contributed by atoms with Gasteiger partial charge in [-0.15, -0.1) is 0 Å². The van der Waals surface area contributed by atoms with Gasteiger partial charge >= 0.3 is 13.2 Å². The Morgan fingerprint density at radius 3 is 2.00 bits per heavy atom. The van der Waals surface area contributed by atoms with Gasteiger partial charge in [-0.2, -0.15) is 17.6 Å². The smallest absolute Gasteiger partial charge is 0.387 e. The lowest BCUT2D eigenvalue weighted by molar-refractivity contribution is -0.0518. The molecule has 0 atom stereocenters. The van der Waals surface area contributed by atoms with Gasteiger partial charge in [0.1, 0.15) is 0 Å². The van der Waals surface area contributed by atoms with Gasteiger partial charge in [-0.05, 0) is 30.3 Å². The van der Waals surface area contributed by atoms with Crippen LogP contribution in [0.3, 0.4) is 0 Å². The molecule has 0 aliphatic rings. The number of benzene rings is 2. The third-order valence-corrected chi connectivity index (χ3v) is 3.28. The summed E-state index contributed by atoms with van der Waals surface area (Å²) in [6.45, 7) is -6.12. The van der Waals surface area contributed by atoms with E-state index in [1.807, 2.05) is 0 Å². The number of carbonyl (C=O) groups is 1. The van der Waals surface area contributed by atoms with Crippen LogP contribution >= 0.6 is 0 Å². The molecule has 2 aromatic rings. The van der Waals surface area contributed by atoms with Crippen molar-refractivity contribution in [2.45, 2.75) is 13.2 Å². The summed E-state index contributed by atoms with van der Waals surface area (Å²) in [6.07, 6.45) is 0. The fourth-order valence-corrected chi connectivity index (χ4v) is 2.15. The van der Waals surface area contributed by atoms with Gasteiger partial charge in [-0.25, -0.2) is 0 Å². The summed E-state index contributed by atoms with van der Waals surface area (Å²) >= 11 is 0. The lowest BCUT2D eigenvalue weighted by Gasteiger charge is -2.13. The number of methoxy groups -OCH3 is 2. The summed E-state index contributed by atoms with van der Waals surface area (Å²) in [6, 6.07) is 7.52. The Morgan fingerprint density at radius 2 is 1.41 bits per heavy atom. The Hall–Kier alpha value is -3.17. The number of anilines is 1. The van der Waals surface area contributed by atoms with Gasteiger partial charge in [0.25, 0.3) is 5.91 Å². The van der Waals surface area contributed by atoms with Crippen LogP contribution in [0.25, 0.3) is 0 Å². The van der Waals surface area contributed by atoms with Crippen LogP contribution in [0.2, 0.25) is 0 Å². The predicted molar refractivity (Wildman–Crippen MR) is 87.2 cm³/mol. The Balaban J connectivity index is 2.21. The summed E-state index contributed by atoms with van der Waals surface area (Å²) in [5, 5.41) is 2.47. The highest BCUT2D eigenvalue weighted by Crippen LogP contribution is 2.32. The second-order valence-corrected chi connectivity index (χ2v) is 4.94. The Morgan fingerprint density at radius 1 is 0.815 bits per heavy atom. The van der Waals surface area contributed by atoms with Crippen LogP contribution in [0.4, 0.5) is 23.2 Å². The number of hydrogen-bond acceptors (Lipinski definition) is 5. The normalized spacial score (nSPS) is 10.7. The standard InChI is InChI=1S/C17H15F4NO5/c1-24-11-6-4-10(8-14(11)27-17(20)21)22-15(23)9-3-5-12(26-16(18)19)13(7-9)25-2/h3-8,16-17H,1-2H3,(H,22,23). The molecule has 1 N–H and O–H groups in total. The minimum Gasteiger partial charge on any atom is -0.493 e. The van der Waals surface area contributed by atoms with Crippen molar-refractivity contribution in [2.24, 2.45) is 0 Å². The maximum absolute atomic E-state index is 12.5. The fourth-order valence-electron chi connectivity index (χ4n) is 2.15. The molecule has 0 radical (unpaired) electrons. The third-order valence-electron chi connectivity index (χ3n) is 3.28. The van der Waals surface area contributed by atoms with Crippen molar-refractivity contribution >= 4 is 11.6 Å². The zero-order valence-corrected chi connectivity index (χ0v) is 14.2. The van der Waals surface area contributed by atoms with Crippen LogP contribution < -0.4 is 24.3 Å². The van der Waals surface area contributed by atoms with Crippen LogP contribution in [0.5, 0.6) is 23.0 Å². The molecule has 0 aliphatic carbocycles. The molecule has 0 spiro atoms. The fraction of sp³-hybridized carbons (Fsp3) is 0.235. The summed E-state index contributed by atoms with van der Waals surface area (Å²) in [4.78, 5) is 12.3. The van der Waals surface area contributed by atoms with E-state index in [1.165, 1.54) is 38.5 Å². The first-order valence-corrected chi connectivity index (χ1v) is 7.41. The molecule has 0 saturated carbocycles. The Labute approximate surface area is 151 Å². The molecule has 2 rings (SSSR count). The lowest BCUT2D eigenvalue weighted by Crippen LogP contribution is -2.13. The number of halogens is 4. The van der Waals surface area contributed by atoms with E-state index in [1.54, 1.807) is 0 Å². The molecule has 0 heterocycles. The zero-order chi connectivity index (χ0) is 20.0. The average molecular weight is 389 g/mol. The molecule has 0 unspecified atom stereocenters. The first-order chi connectivity index (χ1) is 12.8. The van der Waals surface area contributed by atoms with E-state index in [-0.39, 0.29) is 34.2 Å². The van der Waals surface area contributed by atoms with E-state index in [0.29, 0.717) is 0 Å². The maximum atomic E-state index is 12.5. The van der Waals surface area contributed by atoms with Crippen molar-refractivity contribution in [3.05, 3.63) is 42.0 Å². The first-order valence-electron chi connectivity index (χ1n) is 7.41. The number of hydrogen-bond donors (Lipinski definition) is 1. The molecular weight excluding hydrogens is 374 g/mol. The number of ether oxygens (including phenoxy) is 4. The second-order valence-electron chi connectivity index (χ2n) is 4.94. The van der Waals surface area contributed by atoms with E-state index >= 15 is 0 Å². The molecule has 146 valence electrons. The maximum Gasteiger partial charge on any atom is 0.387 e. The minimum atomic E-state index is -3.07. The molecule has 10 heteroatoms. The van der Waals surface area contributed by atoms with E-state index in [2.05, 4.69) is 14.8 Å². The summed E-state index contributed by atoms with van der Waals surface area (Å²) in [7, 11) is 2.51. The van der Waals surface area contributed by atoms with Crippen molar-refractivity contribution in [1.82, 2.24) is 0 Å². The van der Waals surface area contributed by atoms with Crippen LogP contribution in [0.1, 0.15) is 10.4 Å². The summed E-state index contributed by atoms with van der Waals surface area (Å²) in [5.41, 5.74) is 0.226. The number of nitrogens with one attached hydrogen (secondary N) is 1. The number of carbonyl (C=O) groups excluding carboxylic acids is 1. The predicted octanol–water partition coefficient (Wildman–Crippen LogP) is 4.16. The van der Waals surface area contributed by atoms with Crippen molar-refractivity contribution < 1.29 is 41.3 Å². The molecule has 0 saturated heterocycles. The molecule has 2 aromatic carbocycles. The molecule has 6 nitrogen and oxygen atoms in total. The van der Waals surface area contributed by atoms with Gasteiger partial charge < -0.3 is 24.3 Å². The zero-order valence-electron chi connectivity index (χ0n) is 14.2. The van der Waals surface area contributed by atoms with Crippen molar-refractivity contribution in [2.75, 3.05) is 19.5 Å². The van der Waals surface area contributed by atoms with E-state index in [4.69, 9.17) is 9.47 Å². The topological polar surface area (TPSA) is 66.0 Å². The van der Waals surface area contributed by atoms with Crippen molar-refractivity contribution in [1.29, 1.82) is 0 Å². The molecule has 0 fully saturated rings. The first kappa shape index (κ1) is 20.1. The highest BCUT2D eigenvalue weighted by atomic mass is 19.3. The molecule has 0 aliphatic heterocycles.